The van der Waals surface area contributed by atoms with Crippen LogP contribution < -0.4 is 4.74 Å². The maximum absolute atomic E-state index is 13.4. The summed E-state index contributed by atoms with van der Waals surface area (Å²) in [7, 11) is 1.74. The van der Waals surface area contributed by atoms with Crippen molar-refractivity contribution in [2.24, 2.45) is 11.8 Å². The molecule has 2 aliphatic rings. The second kappa shape index (κ2) is 6.23. The summed E-state index contributed by atoms with van der Waals surface area (Å²) in [6.45, 7) is 0. The van der Waals surface area contributed by atoms with Gasteiger partial charge in [-0.1, -0.05) is 12.1 Å². The molecule has 0 saturated heterocycles. The molecule has 0 amide bonds. The van der Waals surface area contributed by atoms with Gasteiger partial charge in [-0.05, 0) is 48.6 Å². The number of allylic oxidation sites excluding steroid dienone is 4. The highest BCUT2D eigenvalue weighted by Crippen LogP contribution is 2.49. The third-order valence-corrected chi connectivity index (χ3v) is 5.13. The Hall–Kier alpha value is -3.15. The Morgan fingerprint density at radius 1 is 1.26 bits per heavy atom. The van der Waals surface area contributed by atoms with Crippen LogP contribution in [0.15, 0.2) is 54.6 Å². The molecule has 0 bridgehead atoms. The second-order valence-corrected chi connectivity index (χ2v) is 6.90. The minimum Gasteiger partial charge on any atom is -0.501 e. The molecule has 2 heterocycles. The van der Waals surface area contributed by atoms with E-state index in [2.05, 4.69) is 27.1 Å². The smallest absolute Gasteiger partial charge is 0.231 e. The predicted octanol–water partition coefficient (Wildman–Crippen LogP) is 5.09. The van der Waals surface area contributed by atoms with Crippen LogP contribution in [0.5, 0.6) is 11.6 Å². The minimum atomic E-state index is -0.351. The molecule has 5 nitrogen and oxygen atoms in total. The lowest BCUT2D eigenvalue weighted by Crippen LogP contribution is -1.90. The summed E-state index contributed by atoms with van der Waals surface area (Å²) in [6.07, 6.45) is 7.86. The normalized spacial score (nSPS) is 21.1. The topological polar surface area (TPSA) is 60.0 Å². The molecule has 2 aromatic heterocycles. The van der Waals surface area contributed by atoms with Gasteiger partial charge in [0.15, 0.2) is 0 Å². The summed E-state index contributed by atoms with van der Waals surface area (Å²) in [5.74, 6) is 2.59. The highest BCUT2D eigenvalue weighted by molar-refractivity contribution is 5.86. The molecule has 0 spiro atoms. The first-order chi connectivity index (χ1) is 13.2. The quantitative estimate of drug-likeness (QED) is 0.700. The second-order valence-electron chi connectivity index (χ2n) is 6.90. The summed E-state index contributed by atoms with van der Waals surface area (Å²) in [5.41, 5.74) is 2.90. The van der Waals surface area contributed by atoms with Gasteiger partial charge in [0.05, 0.1) is 18.3 Å². The number of nitrogens with one attached hydrogen (secondary N) is 1. The van der Waals surface area contributed by atoms with E-state index >= 15 is 0 Å². The molecule has 1 fully saturated rings. The van der Waals surface area contributed by atoms with Crippen molar-refractivity contribution in [3.05, 3.63) is 66.1 Å². The number of aromatic nitrogens is 3. The Balaban J connectivity index is 0.00000192. The van der Waals surface area contributed by atoms with E-state index in [1.165, 1.54) is 24.0 Å². The van der Waals surface area contributed by atoms with E-state index < -0.39 is 0 Å². The molecule has 2 atom stereocenters. The largest absolute Gasteiger partial charge is 0.501 e. The zero-order valence-corrected chi connectivity index (χ0v) is 14.8. The first-order valence-corrected chi connectivity index (χ1v) is 8.93. The average Bonchev–Trinajstić information content (AvgIpc) is 3.31. The van der Waals surface area contributed by atoms with Crippen molar-refractivity contribution in [2.45, 2.75) is 12.8 Å². The molecule has 1 saturated carbocycles. The first kappa shape index (κ1) is 16.1. The van der Waals surface area contributed by atoms with E-state index in [0.717, 1.165) is 29.7 Å². The third-order valence-electron chi connectivity index (χ3n) is 5.13. The molecule has 1 aromatic carbocycles. The van der Waals surface area contributed by atoms with Gasteiger partial charge in [0.2, 0.25) is 5.88 Å². The zero-order chi connectivity index (χ0) is 18.4. The maximum Gasteiger partial charge on any atom is 0.231 e. The van der Waals surface area contributed by atoms with Gasteiger partial charge in [0.25, 0.3) is 0 Å². The number of rotatable bonds is 4. The molecule has 27 heavy (non-hydrogen) atoms. The van der Waals surface area contributed by atoms with Gasteiger partial charge in [-0.15, -0.1) is 0 Å². The minimum absolute atomic E-state index is 0. The predicted molar refractivity (Wildman–Crippen MR) is 102 cm³/mol. The number of hydrogen-bond donors (Lipinski definition) is 1. The number of H-pyrrole nitrogens is 1. The highest BCUT2D eigenvalue weighted by atomic mass is 19.1. The van der Waals surface area contributed by atoms with Gasteiger partial charge in [-0.3, -0.25) is 0 Å². The lowest BCUT2D eigenvalue weighted by molar-refractivity contribution is 0.267. The van der Waals surface area contributed by atoms with Gasteiger partial charge in [0.1, 0.15) is 23.5 Å². The number of halogens is 1. The van der Waals surface area contributed by atoms with Gasteiger partial charge in [-0.25, -0.2) is 14.4 Å². The summed E-state index contributed by atoms with van der Waals surface area (Å²) in [6, 6.07) is 8.01. The van der Waals surface area contributed by atoms with Crippen molar-refractivity contribution in [1.82, 2.24) is 15.0 Å². The van der Waals surface area contributed by atoms with Gasteiger partial charge in [-0.2, -0.15) is 0 Å². The number of ether oxygens (including phenoxy) is 2. The molecule has 5 rings (SSSR count). The van der Waals surface area contributed by atoms with E-state index in [1.807, 2.05) is 6.07 Å². The monoisotopic (exact) mass is 365 g/mol. The van der Waals surface area contributed by atoms with Crippen LogP contribution in [0.1, 0.15) is 20.0 Å². The Morgan fingerprint density at radius 2 is 2.19 bits per heavy atom. The molecule has 0 radical (unpaired) electrons. The standard InChI is InChI=1S/C21H18FN3O2.H2/c1-26-19-6-5-12(7-13-8-16(13)19)18-10-17-20(25-18)23-11-24-21(17)27-15-4-2-3-14(22)9-15;/h2-4,6-7,9-11,13,16H,5,8H2,1H3,(H,23,24,25);1H. The van der Waals surface area contributed by atoms with Crippen molar-refractivity contribution < 1.29 is 15.3 Å². The van der Waals surface area contributed by atoms with Gasteiger partial charge in [0, 0.05) is 19.1 Å². The van der Waals surface area contributed by atoms with Crippen molar-refractivity contribution >= 4 is 16.6 Å². The molecule has 0 aliphatic heterocycles. The Morgan fingerprint density at radius 3 is 3.04 bits per heavy atom. The van der Waals surface area contributed by atoms with E-state index in [0.29, 0.717) is 29.1 Å². The van der Waals surface area contributed by atoms with Gasteiger partial charge >= 0.3 is 0 Å². The number of aromatic amines is 1. The summed E-state index contributed by atoms with van der Waals surface area (Å²) >= 11 is 0. The van der Waals surface area contributed by atoms with E-state index in [9.17, 15) is 4.39 Å². The molecule has 2 unspecified atom stereocenters. The molecule has 6 heteroatoms. The summed E-state index contributed by atoms with van der Waals surface area (Å²) in [5, 5.41) is 0.769. The van der Waals surface area contributed by atoms with Crippen LogP contribution >= 0.6 is 0 Å². The molecular formula is C21H20FN3O2. The number of fused-ring (bicyclic) bond motifs is 2. The SMILES string of the molecule is COC1=CCC(c2cc3c(Oc4cccc(F)c4)ncnc3[nH]2)=CC2CC12.[HH]. The van der Waals surface area contributed by atoms with Crippen LogP contribution in [-0.4, -0.2) is 22.1 Å². The first-order valence-electron chi connectivity index (χ1n) is 8.93. The zero-order valence-electron chi connectivity index (χ0n) is 14.8. The van der Waals surface area contributed by atoms with Crippen LogP contribution in [0.2, 0.25) is 0 Å². The maximum atomic E-state index is 13.4. The molecule has 1 N–H and O–H groups in total. The van der Waals surface area contributed by atoms with Crippen LogP contribution in [-0.2, 0) is 4.74 Å². The van der Waals surface area contributed by atoms with Crippen molar-refractivity contribution in [2.75, 3.05) is 7.11 Å². The molecule has 2 aliphatic carbocycles. The average molecular weight is 365 g/mol. The van der Waals surface area contributed by atoms with E-state index in [-0.39, 0.29) is 7.24 Å². The molecule has 138 valence electrons. The van der Waals surface area contributed by atoms with Gasteiger partial charge < -0.3 is 14.5 Å². The number of methoxy groups -OCH3 is 1. The highest BCUT2D eigenvalue weighted by Gasteiger charge is 2.40. The van der Waals surface area contributed by atoms with E-state index in [1.54, 1.807) is 19.2 Å². The Labute approximate surface area is 157 Å². The van der Waals surface area contributed by atoms with E-state index in [4.69, 9.17) is 9.47 Å². The summed E-state index contributed by atoms with van der Waals surface area (Å²) < 4.78 is 24.7. The Bertz CT molecular complexity index is 1090. The fraction of sp³-hybridized carbons (Fsp3) is 0.238. The van der Waals surface area contributed by atoms with Crippen molar-refractivity contribution in [1.29, 1.82) is 0 Å². The molecule has 3 aromatic rings. The number of hydrogen-bond acceptors (Lipinski definition) is 4. The lowest BCUT2D eigenvalue weighted by atomic mass is 10.1. The lowest BCUT2D eigenvalue weighted by Gasteiger charge is -2.04. The fourth-order valence-corrected chi connectivity index (χ4v) is 3.66. The third kappa shape index (κ3) is 2.97. The van der Waals surface area contributed by atoms with Crippen molar-refractivity contribution in [3.63, 3.8) is 0 Å². The Kier molecular flexibility index (Phi) is 3.70. The van der Waals surface area contributed by atoms with Crippen LogP contribution in [0.3, 0.4) is 0 Å². The van der Waals surface area contributed by atoms with Crippen LogP contribution in [0, 0.1) is 17.7 Å². The summed E-state index contributed by atoms with van der Waals surface area (Å²) in [4.78, 5) is 11.9. The van der Waals surface area contributed by atoms with Crippen LogP contribution in [0.4, 0.5) is 4.39 Å². The fourth-order valence-electron chi connectivity index (χ4n) is 3.66. The molecular weight excluding hydrogens is 345 g/mol. The number of benzene rings is 1. The van der Waals surface area contributed by atoms with Crippen molar-refractivity contribution in [3.8, 4) is 11.6 Å². The number of nitrogens with zero attached hydrogens (tertiary/aromatic N) is 2. The van der Waals surface area contributed by atoms with Crippen LogP contribution in [0.25, 0.3) is 16.6 Å².